The highest BCUT2D eigenvalue weighted by Gasteiger charge is 2.22. The summed E-state index contributed by atoms with van der Waals surface area (Å²) in [7, 11) is 0. The summed E-state index contributed by atoms with van der Waals surface area (Å²) in [5.74, 6) is 0.0745. The van der Waals surface area contributed by atoms with Crippen molar-refractivity contribution >= 4 is 5.91 Å². The largest absolute Gasteiger partial charge is 0.379 e. The van der Waals surface area contributed by atoms with E-state index in [4.69, 9.17) is 9.47 Å². The Morgan fingerprint density at radius 1 is 1.44 bits per heavy atom. The van der Waals surface area contributed by atoms with Crippen LogP contribution >= 0.6 is 0 Å². The van der Waals surface area contributed by atoms with Crippen molar-refractivity contribution in [3.8, 4) is 0 Å². The molecule has 1 atom stereocenters. The van der Waals surface area contributed by atoms with E-state index in [9.17, 15) is 4.79 Å². The highest BCUT2D eigenvalue weighted by atomic mass is 16.5. The summed E-state index contributed by atoms with van der Waals surface area (Å²) < 4.78 is 10.4. The summed E-state index contributed by atoms with van der Waals surface area (Å²) in [6.07, 6.45) is 0. The van der Waals surface area contributed by atoms with Gasteiger partial charge in [-0.1, -0.05) is 0 Å². The van der Waals surface area contributed by atoms with Gasteiger partial charge in [-0.2, -0.15) is 0 Å². The molecule has 0 saturated carbocycles. The first-order valence-electron chi connectivity index (χ1n) is 5.91. The van der Waals surface area contributed by atoms with Gasteiger partial charge in [0.25, 0.3) is 0 Å². The zero-order valence-electron chi connectivity index (χ0n) is 10.2. The topological polar surface area (TPSA) is 50.8 Å². The van der Waals surface area contributed by atoms with E-state index < -0.39 is 0 Å². The first-order valence-corrected chi connectivity index (χ1v) is 5.91. The van der Waals surface area contributed by atoms with Crippen molar-refractivity contribution < 1.29 is 14.3 Å². The van der Waals surface area contributed by atoms with Crippen LogP contribution in [0.25, 0.3) is 0 Å². The van der Waals surface area contributed by atoms with Crippen LogP contribution in [0.4, 0.5) is 0 Å². The molecular formula is C11H22N2O3. The lowest BCUT2D eigenvalue weighted by Gasteiger charge is -2.33. The Morgan fingerprint density at radius 3 is 2.88 bits per heavy atom. The molecule has 0 aliphatic carbocycles. The van der Waals surface area contributed by atoms with Crippen LogP contribution < -0.4 is 5.32 Å². The molecule has 0 radical (unpaired) electrons. The first-order chi connectivity index (χ1) is 7.75. The number of ether oxygens (including phenoxy) is 2. The first kappa shape index (κ1) is 13.4. The summed E-state index contributed by atoms with van der Waals surface area (Å²) in [6.45, 7) is 8.39. The van der Waals surface area contributed by atoms with Gasteiger partial charge in [0, 0.05) is 32.3 Å². The molecule has 0 unspecified atom stereocenters. The average molecular weight is 230 g/mol. The number of rotatable bonds is 6. The number of nitrogens with one attached hydrogen (secondary N) is 1. The molecule has 1 rings (SSSR count). The van der Waals surface area contributed by atoms with E-state index >= 15 is 0 Å². The minimum atomic E-state index is 0.0745. The van der Waals surface area contributed by atoms with Crippen LogP contribution in [-0.2, 0) is 14.3 Å². The predicted molar refractivity (Wildman–Crippen MR) is 61.4 cm³/mol. The smallest absolute Gasteiger partial charge is 0.248 e. The number of hydrogen-bond donors (Lipinski definition) is 1. The van der Waals surface area contributed by atoms with Gasteiger partial charge in [-0.05, 0) is 13.8 Å². The molecule has 0 aromatic rings. The van der Waals surface area contributed by atoms with Gasteiger partial charge in [-0.3, -0.25) is 4.79 Å². The maximum atomic E-state index is 11.8. The third-order valence-corrected chi connectivity index (χ3v) is 2.62. The van der Waals surface area contributed by atoms with Crippen LogP contribution in [0.15, 0.2) is 0 Å². The Hall–Kier alpha value is -0.650. The highest BCUT2D eigenvalue weighted by molar-refractivity contribution is 5.77. The van der Waals surface area contributed by atoms with Crippen molar-refractivity contribution in [3.63, 3.8) is 0 Å². The van der Waals surface area contributed by atoms with Crippen LogP contribution in [0, 0.1) is 0 Å². The van der Waals surface area contributed by atoms with Gasteiger partial charge in [0.2, 0.25) is 5.91 Å². The molecule has 1 aliphatic rings. The van der Waals surface area contributed by atoms with Crippen molar-refractivity contribution in [1.82, 2.24) is 10.2 Å². The SMILES string of the molecule is CCOCCOCC(=O)N1CCNC[C@H]1C. The molecule has 5 heteroatoms. The molecule has 0 aromatic heterocycles. The lowest BCUT2D eigenvalue weighted by atomic mass is 10.2. The second-order valence-corrected chi connectivity index (χ2v) is 3.89. The van der Waals surface area contributed by atoms with E-state index in [0.717, 1.165) is 19.6 Å². The number of piperazine rings is 1. The molecule has 5 nitrogen and oxygen atoms in total. The van der Waals surface area contributed by atoms with Gasteiger partial charge in [0.15, 0.2) is 0 Å². The zero-order valence-corrected chi connectivity index (χ0v) is 10.2. The van der Waals surface area contributed by atoms with Gasteiger partial charge in [-0.15, -0.1) is 0 Å². The summed E-state index contributed by atoms with van der Waals surface area (Å²) >= 11 is 0. The quantitative estimate of drug-likeness (QED) is 0.645. The second kappa shape index (κ2) is 7.60. The molecule has 1 heterocycles. The van der Waals surface area contributed by atoms with Crippen LogP contribution in [0.1, 0.15) is 13.8 Å². The van der Waals surface area contributed by atoms with Crippen LogP contribution in [0.3, 0.4) is 0 Å². The third-order valence-electron chi connectivity index (χ3n) is 2.62. The molecule has 0 bridgehead atoms. The Morgan fingerprint density at radius 2 is 2.19 bits per heavy atom. The molecule has 94 valence electrons. The molecule has 1 aliphatic heterocycles. The van der Waals surface area contributed by atoms with E-state index in [1.54, 1.807) is 0 Å². The van der Waals surface area contributed by atoms with E-state index in [-0.39, 0.29) is 18.6 Å². The van der Waals surface area contributed by atoms with E-state index in [1.165, 1.54) is 0 Å². The Bertz CT molecular complexity index is 211. The standard InChI is InChI=1S/C11H22N2O3/c1-3-15-6-7-16-9-11(14)13-5-4-12-8-10(13)2/h10,12H,3-9H2,1-2H3/t10-/m1/s1. The van der Waals surface area contributed by atoms with Gasteiger partial charge in [0.1, 0.15) is 6.61 Å². The molecule has 1 fully saturated rings. The molecule has 1 saturated heterocycles. The third kappa shape index (κ3) is 4.47. The number of amides is 1. The fourth-order valence-corrected chi connectivity index (χ4v) is 1.72. The van der Waals surface area contributed by atoms with Crippen LogP contribution in [0.2, 0.25) is 0 Å². The van der Waals surface area contributed by atoms with Gasteiger partial charge < -0.3 is 19.7 Å². The summed E-state index contributed by atoms with van der Waals surface area (Å²) in [4.78, 5) is 13.6. The number of carbonyl (C=O) groups is 1. The normalized spacial score (nSPS) is 21.1. The summed E-state index contributed by atoms with van der Waals surface area (Å²) in [6, 6.07) is 0.261. The maximum Gasteiger partial charge on any atom is 0.248 e. The van der Waals surface area contributed by atoms with Crippen LogP contribution in [-0.4, -0.2) is 62.9 Å². The summed E-state index contributed by atoms with van der Waals surface area (Å²) in [5, 5.41) is 3.25. The monoisotopic (exact) mass is 230 g/mol. The van der Waals surface area contributed by atoms with E-state index in [1.807, 2.05) is 18.7 Å². The van der Waals surface area contributed by atoms with Crippen molar-refractivity contribution in [3.05, 3.63) is 0 Å². The molecule has 0 spiro atoms. The van der Waals surface area contributed by atoms with Gasteiger partial charge in [0.05, 0.1) is 13.2 Å². The van der Waals surface area contributed by atoms with E-state index in [2.05, 4.69) is 5.32 Å². The van der Waals surface area contributed by atoms with Crippen molar-refractivity contribution in [2.45, 2.75) is 19.9 Å². The van der Waals surface area contributed by atoms with Gasteiger partial charge in [-0.25, -0.2) is 0 Å². The fraction of sp³-hybridized carbons (Fsp3) is 0.909. The molecular weight excluding hydrogens is 208 g/mol. The van der Waals surface area contributed by atoms with Crippen molar-refractivity contribution in [1.29, 1.82) is 0 Å². The zero-order chi connectivity index (χ0) is 11.8. The second-order valence-electron chi connectivity index (χ2n) is 3.89. The molecule has 0 aromatic carbocycles. The highest BCUT2D eigenvalue weighted by Crippen LogP contribution is 2.02. The number of nitrogens with zero attached hydrogens (tertiary/aromatic N) is 1. The lowest BCUT2D eigenvalue weighted by molar-refractivity contribution is -0.139. The van der Waals surface area contributed by atoms with Gasteiger partial charge >= 0.3 is 0 Å². The summed E-state index contributed by atoms with van der Waals surface area (Å²) in [5.41, 5.74) is 0. The minimum Gasteiger partial charge on any atom is -0.379 e. The molecule has 1 amide bonds. The van der Waals surface area contributed by atoms with Crippen LogP contribution in [0.5, 0.6) is 0 Å². The fourth-order valence-electron chi connectivity index (χ4n) is 1.72. The Kier molecular flexibility index (Phi) is 6.37. The molecule has 16 heavy (non-hydrogen) atoms. The lowest BCUT2D eigenvalue weighted by Crippen LogP contribution is -2.53. The van der Waals surface area contributed by atoms with Crippen molar-refractivity contribution in [2.75, 3.05) is 46.1 Å². The molecule has 1 N–H and O–H groups in total. The maximum absolute atomic E-state index is 11.8. The number of hydrogen-bond acceptors (Lipinski definition) is 4. The predicted octanol–water partition coefficient (Wildman–Crippen LogP) is -0.140. The Balaban J connectivity index is 2.13. The minimum absolute atomic E-state index is 0.0745. The average Bonchev–Trinajstić information content (AvgIpc) is 2.29. The number of carbonyl (C=O) groups excluding carboxylic acids is 1. The Labute approximate surface area is 97.1 Å². The van der Waals surface area contributed by atoms with E-state index in [0.29, 0.717) is 19.8 Å². The van der Waals surface area contributed by atoms with Crippen molar-refractivity contribution in [2.24, 2.45) is 0 Å².